The molecule has 0 spiro atoms. The average molecular weight is 267 g/mol. The summed E-state index contributed by atoms with van der Waals surface area (Å²) >= 11 is 0. The van der Waals surface area contributed by atoms with Crippen LogP contribution in [0.3, 0.4) is 0 Å². The molecule has 0 radical (unpaired) electrons. The molecule has 0 fully saturated rings. The molecule has 0 aliphatic carbocycles. The summed E-state index contributed by atoms with van der Waals surface area (Å²) in [5.41, 5.74) is 0.0911. The molecule has 0 atom stereocenters. The summed E-state index contributed by atoms with van der Waals surface area (Å²) in [5, 5.41) is 0. The Bertz CT molecular complexity index is 444. The van der Waals surface area contributed by atoms with Gasteiger partial charge < -0.3 is 4.90 Å². The molecule has 0 bridgehead atoms. The van der Waals surface area contributed by atoms with Gasteiger partial charge in [-0.3, -0.25) is 4.79 Å². The molecule has 1 amide bonds. The van der Waals surface area contributed by atoms with E-state index in [1.165, 1.54) is 6.92 Å². The van der Waals surface area contributed by atoms with Crippen molar-refractivity contribution in [2.45, 2.75) is 19.6 Å². The topological polar surface area (TPSA) is 20.3 Å². The van der Waals surface area contributed by atoms with Crippen LogP contribution < -0.4 is 0 Å². The number of benzene rings is 1. The molecule has 1 rings (SSSR count). The first-order valence-electron chi connectivity index (χ1n) is 5.05. The van der Waals surface area contributed by atoms with Crippen LogP contribution in [0, 0.1) is 11.6 Å². The van der Waals surface area contributed by atoms with Gasteiger partial charge in [-0.1, -0.05) is 6.07 Å². The van der Waals surface area contributed by atoms with E-state index in [4.69, 9.17) is 0 Å². The predicted octanol–water partition coefficient (Wildman–Crippen LogP) is 2.88. The minimum atomic E-state index is -4.98. The highest BCUT2D eigenvalue weighted by Gasteiger charge is 2.41. The van der Waals surface area contributed by atoms with Crippen LogP contribution in [0.15, 0.2) is 18.2 Å². The van der Waals surface area contributed by atoms with Gasteiger partial charge in [-0.05, 0) is 24.6 Å². The van der Waals surface area contributed by atoms with Gasteiger partial charge in [0.1, 0.15) is 0 Å². The summed E-state index contributed by atoms with van der Waals surface area (Å²) in [5.74, 6) is -4.26. The SMILES string of the molecule is CCN(Cc1ccc(F)c(F)c1)C(=O)C(F)(F)F. The first-order valence-corrected chi connectivity index (χ1v) is 5.05. The fourth-order valence-corrected chi connectivity index (χ4v) is 1.36. The van der Waals surface area contributed by atoms with Gasteiger partial charge in [0.15, 0.2) is 11.6 Å². The molecule has 2 nitrogen and oxygen atoms in total. The molecular formula is C11H10F5NO. The van der Waals surface area contributed by atoms with Crippen molar-refractivity contribution in [3.63, 3.8) is 0 Å². The highest BCUT2D eigenvalue weighted by atomic mass is 19.4. The lowest BCUT2D eigenvalue weighted by molar-refractivity contribution is -0.185. The predicted molar refractivity (Wildman–Crippen MR) is 53.5 cm³/mol. The van der Waals surface area contributed by atoms with Gasteiger partial charge in [0.25, 0.3) is 0 Å². The van der Waals surface area contributed by atoms with Crippen molar-refractivity contribution in [1.29, 1.82) is 0 Å². The Morgan fingerprint density at radius 3 is 2.28 bits per heavy atom. The van der Waals surface area contributed by atoms with Crippen LogP contribution in [0.25, 0.3) is 0 Å². The van der Waals surface area contributed by atoms with E-state index < -0.39 is 30.3 Å². The number of amides is 1. The minimum absolute atomic E-state index is 0.0911. The second-order valence-electron chi connectivity index (χ2n) is 3.57. The molecule has 0 aliphatic rings. The average Bonchev–Trinajstić information content (AvgIpc) is 2.28. The molecular weight excluding hydrogens is 257 g/mol. The quantitative estimate of drug-likeness (QED) is 0.771. The molecule has 7 heteroatoms. The van der Waals surface area contributed by atoms with E-state index in [2.05, 4.69) is 0 Å². The van der Waals surface area contributed by atoms with E-state index >= 15 is 0 Å². The second-order valence-corrected chi connectivity index (χ2v) is 3.57. The van der Waals surface area contributed by atoms with Gasteiger partial charge in [0.05, 0.1) is 0 Å². The van der Waals surface area contributed by atoms with E-state index in [1.54, 1.807) is 0 Å². The lowest BCUT2D eigenvalue weighted by Crippen LogP contribution is -2.40. The summed E-state index contributed by atoms with van der Waals surface area (Å²) in [6, 6.07) is 2.70. The standard InChI is InChI=1S/C11H10F5NO/c1-2-17(10(18)11(14,15)16)6-7-3-4-8(12)9(13)5-7/h3-5H,2,6H2,1H3. The van der Waals surface area contributed by atoms with E-state index in [0.717, 1.165) is 18.2 Å². The van der Waals surface area contributed by atoms with E-state index in [1.807, 2.05) is 0 Å². The molecule has 0 aromatic heterocycles. The maximum absolute atomic E-state index is 12.9. The van der Waals surface area contributed by atoms with Crippen molar-refractivity contribution < 1.29 is 26.7 Å². The number of carbonyl (C=O) groups excluding carboxylic acids is 1. The number of hydrogen-bond donors (Lipinski definition) is 0. The van der Waals surface area contributed by atoms with Gasteiger partial charge in [-0.2, -0.15) is 13.2 Å². The van der Waals surface area contributed by atoms with Crippen LogP contribution in [0.4, 0.5) is 22.0 Å². The van der Waals surface area contributed by atoms with Crippen molar-refractivity contribution in [3.8, 4) is 0 Å². The smallest absolute Gasteiger partial charge is 0.331 e. The fourth-order valence-electron chi connectivity index (χ4n) is 1.36. The lowest BCUT2D eigenvalue weighted by atomic mass is 10.2. The van der Waals surface area contributed by atoms with Gasteiger partial charge in [0.2, 0.25) is 0 Å². The summed E-state index contributed by atoms with van der Waals surface area (Å²) in [4.78, 5) is 11.5. The van der Waals surface area contributed by atoms with Crippen LogP contribution in [0.2, 0.25) is 0 Å². The summed E-state index contributed by atoms with van der Waals surface area (Å²) < 4.78 is 62.1. The lowest BCUT2D eigenvalue weighted by Gasteiger charge is -2.22. The molecule has 0 N–H and O–H groups in total. The maximum Gasteiger partial charge on any atom is 0.471 e. The number of alkyl halides is 3. The van der Waals surface area contributed by atoms with Crippen LogP contribution in [-0.4, -0.2) is 23.5 Å². The Kier molecular flexibility index (Phi) is 4.26. The molecule has 18 heavy (non-hydrogen) atoms. The fraction of sp³-hybridized carbons (Fsp3) is 0.364. The van der Waals surface area contributed by atoms with E-state index in [9.17, 15) is 26.7 Å². The van der Waals surface area contributed by atoms with Gasteiger partial charge in [-0.25, -0.2) is 8.78 Å². The maximum atomic E-state index is 12.9. The number of hydrogen-bond acceptors (Lipinski definition) is 1. The Labute approximate surface area is 100 Å². The van der Waals surface area contributed by atoms with Crippen molar-refractivity contribution in [2.24, 2.45) is 0 Å². The normalized spacial score (nSPS) is 11.4. The second kappa shape index (κ2) is 5.32. The summed E-state index contributed by atoms with van der Waals surface area (Å²) in [7, 11) is 0. The Morgan fingerprint density at radius 1 is 1.22 bits per heavy atom. The van der Waals surface area contributed by atoms with E-state index in [-0.39, 0.29) is 12.1 Å². The molecule has 0 saturated carbocycles. The zero-order valence-electron chi connectivity index (χ0n) is 9.39. The van der Waals surface area contributed by atoms with Crippen molar-refractivity contribution in [2.75, 3.05) is 6.54 Å². The van der Waals surface area contributed by atoms with Crippen LogP contribution in [0.5, 0.6) is 0 Å². The first kappa shape index (κ1) is 14.4. The van der Waals surface area contributed by atoms with Crippen LogP contribution >= 0.6 is 0 Å². The van der Waals surface area contributed by atoms with E-state index in [0.29, 0.717) is 4.90 Å². The highest BCUT2D eigenvalue weighted by molar-refractivity contribution is 5.81. The molecule has 100 valence electrons. The third-order valence-electron chi connectivity index (χ3n) is 2.27. The Balaban J connectivity index is 2.86. The zero-order chi connectivity index (χ0) is 13.9. The number of rotatable bonds is 3. The van der Waals surface area contributed by atoms with Crippen molar-refractivity contribution in [3.05, 3.63) is 35.4 Å². The number of halogens is 5. The highest BCUT2D eigenvalue weighted by Crippen LogP contribution is 2.20. The third-order valence-corrected chi connectivity index (χ3v) is 2.27. The Hall–Kier alpha value is -1.66. The number of carbonyl (C=O) groups is 1. The zero-order valence-corrected chi connectivity index (χ0v) is 9.39. The molecule has 1 aromatic carbocycles. The third kappa shape index (κ3) is 3.41. The first-order chi connectivity index (χ1) is 8.25. The van der Waals surface area contributed by atoms with Gasteiger partial charge in [0, 0.05) is 13.1 Å². The Morgan fingerprint density at radius 2 is 1.83 bits per heavy atom. The van der Waals surface area contributed by atoms with Crippen molar-refractivity contribution in [1.82, 2.24) is 4.90 Å². The van der Waals surface area contributed by atoms with Gasteiger partial charge in [-0.15, -0.1) is 0 Å². The van der Waals surface area contributed by atoms with Gasteiger partial charge >= 0.3 is 12.1 Å². The minimum Gasteiger partial charge on any atom is -0.331 e. The largest absolute Gasteiger partial charge is 0.471 e. The monoisotopic (exact) mass is 267 g/mol. The van der Waals surface area contributed by atoms with Crippen LogP contribution in [0.1, 0.15) is 12.5 Å². The molecule has 0 aliphatic heterocycles. The number of nitrogens with zero attached hydrogens (tertiary/aromatic N) is 1. The molecule has 0 unspecified atom stereocenters. The molecule has 0 heterocycles. The van der Waals surface area contributed by atoms with Crippen molar-refractivity contribution >= 4 is 5.91 Å². The molecule has 0 saturated heterocycles. The molecule has 1 aromatic rings. The summed E-state index contributed by atoms with van der Waals surface area (Å²) in [6.07, 6.45) is -4.98. The van der Waals surface area contributed by atoms with Crippen LogP contribution in [-0.2, 0) is 11.3 Å². The summed E-state index contributed by atoms with van der Waals surface area (Å²) in [6.45, 7) is 0.757.